The maximum Gasteiger partial charge on any atom is 0.269 e. The number of hydrogen-bond donors (Lipinski definition) is 0. The van der Waals surface area contributed by atoms with E-state index in [9.17, 15) is 8.42 Å². The Morgan fingerprint density at radius 2 is 1.90 bits per heavy atom. The maximum absolute atomic E-state index is 13.3. The molecule has 4 aromatic rings. The van der Waals surface area contributed by atoms with Gasteiger partial charge in [-0.15, -0.1) is 11.3 Å². The molecule has 0 unspecified atom stereocenters. The van der Waals surface area contributed by atoms with E-state index in [-0.39, 0.29) is 10.8 Å². The maximum atomic E-state index is 13.3. The summed E-state index contributed by atoms with van der Waals surface area (Å²) in [6.07, 6.45) is 0. The minimum absolute atomic E-state index is 0.0743. The first-order valence-electron chi connectivity index (χ1n) is 8.71. The van der Waals surface area contributed by atoms with Crippen LogP contribution in [0, 0.1) is 0 Å². The van der Waals surface area contributed by atoms with Crippen molar-refractivity contribution in [2.24, 2.45) is 0 Å². The molecule has 0 saturated heterocycles. The van der Waals surface area contributed by atoms with Crippen LogP contribution >= 0.6 is 22.9 Å². The van der Waals surface area contributed by atoms with E-state index >= 15 is 0 Å². The smallest absolute Gasteiger partial charge is 0.269 e. The molecule has 0 radical (unpaired) electrons. The predicted octanol–water partition coefficient (Wildman–Crippen LogP) is 4.95. The van der Waals surface area contributed by atoms with E-state index in [0.29, 0.717) is 27.2 Å². The normalized spacial score (nSPS) is 11.4. The topological polar surface area (TPSA) is 85.5 Å². The number of halogens is 1. The molecule has 0 saturated carbocycles. The Hall–Kier alpha value is -2.88. The zero-order chi connectivity index (χ0) is 21.3. The standard InChI is InChI=1S/C20H16ClN3O4S2/c1-24(14-8-9-16(27-2)15(21)12-14)30(25,26)17-10-11-29-18(17)20-22-19(23-28-20)13-6-4-3-5-7-13/h3-12H,1-2H3. The number of aromatic nitrogens is 2. The lowest BCUT2D eigenvalue weighted by Gasteiger charge is -2.20. The summed E-state index contributed by atoms with van der Waals surface area (Å²) in [5, 5.41) is 5.96. The van der Waals surface area contributed by atoms with E-state index in [4.69, 9.17) is 20.9 Å². The van der Waals surface area contributed by atoms with Crippen molar-refractivity contribution in [3.63, 3.8) is 0 Å². The molecule has 0 spiro atoms. The van der Waals surface area contributed by atoms with Crippen molar-refractivity contribution in [3.8, 4) is 27.9 Å². The van der Waals surface area contributed by atoms with Crippen LogP contribution in [0.1, 0.15) is 0 Å². The van der Waals surface area contributed by atoms with Crippen molar-refractivity contribution >= 4 is 38.6 Å². The predicted molar refractivity (Wildman–Crippen MR) is 117 cm³/mol. The molecule has 4 rings (SSSR count). The van der Waals surface area contributed by atoms with E-state index in [0.717, 1.165) is 9.87 Å². The van der Waals surface area contributed by atoms with E-state index in [1.54, 1.807) is 17.5 Å². The molecule has 2 aromatic heterocycles. The van der Waals surface area contributed by atoms with Crippen LogP contribution in [0.25, 0.3) is 22.2 Å². The number of ether oxygens (including phenoxy) is 1. The zero-order valence-electron chi connectivity index (χ0n) is 15.9. The molecule has 0 aliphatic heterocycles. The molecular weight excluding hydrogens is 446 g/mol. The third kappa shape index (κ3) is 3.67. The van der Waals surface area contributed by atoms with Gasteiger partial charge in [0.2, 0.25) is 5.82 Å². The lowest BCUT2D eigenvalue weighted by atomic mass is 10.2. The molecule has 154 valence electrons. The molecule has 0 aliphatic rings. The van der Waals surface area contributed by atoms with E-state index in [1.165, 1.54) is 37.6 Å². The Bertz CT molecular complexity index is 1290. The van der Waals surface area contributed by atoms with Gasteiger partial charge in [0.1, 0.15) is 15.5 Å². The molecule has 2 heterocycles. The third-order valence-corrected chi connectivity index (χ3v) is 7.57. The fourth-order valence-corrected chi connectivity index (χ4v) is 5.57. The first kappa shape index (κ1) is 20.4. The second-order valence-corrected chi connectivity index (χ2v) is 9.46. The lowest BCUT2D eigenvalue weighted by molar-refractivity contribution is 0.415. The summed E-state index contributed by atoms with van der Waals surface area (Å²) in [7, 11) is -0.953. The number of anilines is 1. The van der Waals surface area contributed by atoms with Gasteiger partial charge in [-0.2, -0.15) is 4.98 Å². The number of benzene rings is 2. The number of hydrogen-bond acceptors (Lipinski definition) is 7. The van der Waals surface area contributed by atoms with Crippen molar-refractivity contribution in [1.82, 2.24) is 10.1 Å². The minimum atomic E-state index is -3.90. The van der Waals surface area contributed by atoms with Crippen LogP contribution in [-0.2, 0) is 10.0 Å². The SMILES string of the molecule is COc1ccc(N(C)S(=O)(=O)c2ccsc2-c2nc(-c3ccccc3)no2)cc1Cl. The Kier molecular flexibility index (Phi) is 5.50. The number of rotatable bonds is 6. The highest BCUT2D eigenvalue weighted by molar-refractivity contribution is 7.93. The van der Waals surface area contributed by atoms with E-state index in [2.05, 4.69) is 10.1 Å². The summed E-state index contributed by atoms with van der Waals surface area (Å²) in [6, 6.07) is 15.6. The molecule has 7 nitrogen and oxygen atoms in total. The summed E-state index contributed by atoms with van der Waals surface area (Å²) < 4.78 is 38.2. The fourth-order valence-electron chi connectivity index (χ4n) is 2.81. The largest absolute Gasteiger partial charge is 0.495 e. The Balaban J connectivity index is 1.70. The number of methoxy groups -OCH3 is 1. The Morgan fingerprint density at radius 3 is 2.60 bits per heavy atom. The van der Waals surface area contributed by atoms with Crippen LogP contribution in [0.4, 0.5) is 5.69 Å². The second kappa shape index (κ2) is 8.10. The molecule has 0 atom stereocenters. The molecule has 2 aromatic carbocycles. The first-order valence-corrected chi connectivity index (χ1v) is 11.4. The quantitative estimate of drug-likeness (QED) is 0.403. The summed E-state index contributed by atoms with van der Waals surface area (Å²) in [5.41, 5.74) is 1.17. The Labute approximate surface area is 182 Å². The van der Waals surface area contributed by atoms with Crippen molar-refractivity contribution in [2.45, 2.75) is 4.90 Å². The average molecular weight is 462 g/mol. The van der Waals surface area contributed by atoms with Crippen LogP contribution in [0.15, 0.2) is 69.4 Å². The van der Waals surface area contributed by atoms with Gasteiger partial charge in [-0.05, 0) is 29.6 Å². The van der Waals surface area contributed by atoms with Gasteiger partial charge in [0.05, 0.1) is 17.8 Å². The molecule has 0 aliphatic carbocycles. The summed E-state index contributed by atoms with van der Waals surface area (Å²) >= 11 is 7.37. The molecular formula is C20H16ClN3O4S2. The number of sulfonamides is 1. The van der Waals surface area contributed by atoms with Gasteiger partial charge in [0.15, 0.2) is 0 Å². The lowest BCUT2D eigenvalue weighted by Crippen LogP contribution is -2.26. The number of thiophene rings is 1. The highest BCUT2D eigenvalue weighted by Gasteiger charge is 2.29. The van der Waals surface area contributed by atoms with Gasteiger partial charge in [0, 0.05) is 12.6 Å². The first-order chi connectivity index (χ1) is 14.4. The van der Waals surface area contributed by atoms with Gasteiger partial charge in [-0.3, -0.25) is 4.31 Å². The van der Waals surface area contributed by atoms with Gasteiger partial charge < -0.3 is 9.26 Å². The summed E-state index contributed by atoms with van der Waals surface area (Å²) in [6.45, 7) is 0. The van der Waals surface area contributed by atoms with Gasteiger partial charge in [-0.25, -0.2) is 8.42 Å². The monoisotopic (exact) mass is 461 g/mol. The third-order valence-electron chi connectivity index (χ3n) is 4.42. The molecule has 30 heavy (non-hydrogen) atoms. The molecule has 0 amide bonds. The van der Waals surface area contributed by atoms with Gasteiger partial charge >= 0.3 is 0 Å². The second-order valence-electron chi connectivity index (χ2n) is 6.19. The zero-order valence-corrected chi connectivity index (χ0v) is 18.3. The van der Waals surface area contributed by atoms with Crippen molar-refractivity contribution in [1.29, 1.82) is 0 Å². The van der Waals surface area contributed by atoms with Crippen LogP contribution in [-0.4, -0.2) is 32.7 Å². The average Bonchev–Trinajstić information content (AvgIpc) is 3.43. The van der Waals surface area contributed by atoms with Crippen molar-refractivity contribution in [3.05, 3.63) is 65.0 Å². The molecule has 10 heteroatoms. The fraction of sp³-hybridized carbons (Fsp3) is 0.100. The van der Waals surface area contributed by atoms with Crippen LogP contribution in [0.3, 0.4) is 0 Å². The van der Waals surface area contributed by atoms with Crippen LogP contribution in [0.2, 0.25) is 5.02 Å². The van der Waals surface area contributed by atoms with Crippen LogP contribution in [0.5, 0.6) is 5.75 Å². The van der Waals surface area contributed by atoms with Gasteiger partial charge in [-0.1, -0.05) is 47.1 Å². The summed E-state index contributed by atoms with van der Waals surface area (Å²) in [5.74, 6) is 0.989. The van der Waals surface area contributed by atoms with E-state index < -0.39 is 10.0 Å². The highest BCUT2D eigenvalue weighted by Crippen LogP contribution is 2.37. The molecule has 0 fully saturated rings. The van der Waals surface area contributed by atoms with Crippen molar-refractivity contribution < 1.29 is 17.7 Å². The van der Waals surface area contributed by atoms with E-state index in [1.807, 2.05) is 30.3 Å². The van der Waals surface area contributed by atoms with Crippen molar-refractivity contribution in [2.75, 3.05) is 18.5 Å². The van der Waals surface area contributed by atoms with Crippen LogP contribution < -0.4 is 9.04 Å². The summed E-state index contributed by atoms with van der Waals surface area (Å²) in [4.78, 5) is 4.82. The Morgan fingerprint density at radius 1 is 1.13 bits per heavy atom. The molecule has 0 N–H and O–H groups in total. The number of nitrogens with zero attached hydrogens (tertiary/aromatic N) is 3. The highest BCUT2D eigenvalue weighted by atomic mass is 35.5. The molecule has 0 bridgehead atoms. The van der Waals surface area contributed by atoms with Gasteiger partial charge in [0.25, 0.3) is 15.9 Å². The minimum Gasteiger partial charge on any atom is -0.495 e.